The van der Waals surface area contributed by atoms with Gasteiger partial charge in [0.05, 0.1) is 12.6 Å². The largest absolute Gasteiger partial charge is 0.346 e. The maximum atomic E-state index is 12.1. The van der Waals surface area contributed by atoms with Crippen LogP contribution < -0.4 is 16.0 Å². The zero-order valence-electron chi connectivity index (χ0n) is 12.5. The quantitative estimate of drug-likeness (QED) is 0.845. The number of rotatable bonds is 5. The normalized spacial score (nSPS) is 12.1. The second-order valence-corrected chi connectivity index (χ2v) is 5.23. The minimum absolute atomic E-state index is 0.0409. The maximum absolute atomic E-state index is 12.1. The van der Waals surface area contributed by atoms with E-state index in [0.717, 1.165) is 11.3 Å². The molecule has 1 rings (SSSR count). The lowest BCUT2D eigenvalue weighted by Crippen LogP contribution is -2.47. The number of para-hydroxylation sites is 1. The zero-order chi connectivity index (χ0) is 15.3. The van der Waals surface area contributed by atoms with Crippen LogP contribution in [0.4, 0.5) is 5.69 Å². The van der Waals surface area contributed by atoms with Crippen molar-refractivity contribution in [3.05, 3.63) is 29.8 Å². The topological polar surface area (TPSA) is 75.4 Å². The average molecular weight is 277 g/mol. The van der Waals surface area contributed by atoms with Crippen molar-refractivity contribution >= 4 is 17.5 Å². The van der Waals surface area contributed by atoms with Gasteiger partial charge in [0.25, 0.3) is 0 Å². The van der Waals surface area contributed by atoms with E-state index >= 15 is 0 Å². The van der Waals surface area contributed by atoms with Crippen LogP contribution in [0.15, 0.2) is 24.3 Å². The van der Waals surface area contributed by atoms with Gasteiger partial charge in [-0.15, -0.1) is 0 Å². The van der Waals surface area contributed by atoms with Gasteiger partial charge in [-0.1, -0.05) is 32.0 Å². The molecule has 1 aromatic rings. The van der Waals surface area contributed by atoms with Crippen LogP contribution in [0.3, 0.4) is 0 Å². The second-order valence-electron chi connectivity index (χ2n) is 5.23. The summed E-state index contributed by atoms with van der Waals surface area (Å²) in [5.74, 6) is -0.436. The second kappa shape index (κ2) is 7.05. The Morgan fingerprint density at radius 2 is 1.90 bits per heavy atom. The summed E-state index contributed by atoms with van der Waals surface area (Å²) >= 11 is 0. The SMILES string of the molecule is Cc1ccccc1N(C)C(=O)CNC(=O)[C@@H](N)C(C)C. The number of likely N-dealkylation sites (N-methyl/N-ethyl adjacent to an activating group) is 1. The first-order valence-corrected chi connectivity index (χ1v) is 6.70. The van der Waals surface area contributed by atoms with Gasteiger partial charge in [-0.05, 0) is 24.5 Å². The van der Waals surface area contributed by atoms with Crippen molar-refractivity contribution in [2.24, 2.45) is 11.7 Å². The third kappa shape index (κ3) is 4.06. The average Bonchev–Trinajstić information content (AvgIpc) is 2.43. The van der Waals surface area contributed by atoms with Crippen LogP contribution in [-0.4, -0.2) is 31.4 Å². The Bertz CT molecular complexity index is 486. The molecule has 0 saturated heterocycles. The summed E-state index contributed by atoms with van der Waals surface area (Å²) in [7, 11) is 1.69. The summed E-state index contributed by atoms with van der Waals surface area (Å²) in [6, 6.07) is 7.01. The monoisotopic (exact) mass is 277 g/mol. The number of carbonyl (C=O) groups excluding carboxylic acids is 2. The number of hydrogen-bond acceptors (Lipinski definition) is 3. The molecule has 5 heteroatoms. The number of nitrogens with zero attached hydrogens (tertiary/aromatic N) is 1. The van der Waals surface area contributed by atoms with E-state index in [1.165, 1.54) is 4.90 Å². The third-order valence-electron chi connectivity index (χ3n) is 3.29. The van der Waals surface area contributed by atoms with E-state index in [1.807, 2.05) is 45.0 Å². The lowest BCUT2D eigenvalue weighted by Gasteiger charge is -2.21. The number of anilines is 1. The molecule has 0 heterocycles. The van der Waals surface area contributed by atoms with Crippen molar-refractivity contribution in [2.75, 3.05) is 18.5 Å². The first kappa shape index (κ1) is 16.2. The minimum atomic E-state index is -0.591. The van der Waals surface area contributed by atoms with Gasteiger partial charge in [0.2, 0.25) is 11.8 Å². The lowest BCUT2D eigenvalue weighted by molar-refractivity contribution is -0.126. The first-order valence-electron chi connectivity index (χ1n) is 6.70. The molecule has 1 aromatic carbocycles. The Balaban J connectivity index is 2.60. The number of benzene rings is 1. The minimum Gasteiger partial charge on any atom is -0.346 e. The Morgan fingerprint density at radius 1 is 1.30 bits per heavy atom. The molecular weight excluding hydrogens is 254 g/mol. The third-order valence-corrected chi connectivity index (χ3v) is 3.29. The highest BCUT2D eigenvalue weighted by atomic mass is 16.2. The number of nitrogens with two attached hydrogens (primary N) is 1. The van der Waals surface area contributed by atoms with E-state index < -0.39 is 6.04 Å². The van der Waals surface area contributed by atoms with Crippen molar-refractivity contribution in [3.8, 4) is 0 Å². The summed E-state index contributed by atoms with van der Waals surface area (Å²) in [6.45, 7) is 5.62. The number of aryl methyl sites for hydroxylation is 1. The molecule has 0 spiro atoms. The highest BCUT2D eigenvalue weighted by molar-refractivity contribution is 5.97. The van der Waals surface area contributed by atoms with Gasteiger partial charge in [0.15, 0.2) is 0 Å². The molecule has 0 unspecified atom stereocenters. The fourth-order valence-corrected chi connectivity index (χ4v) is 1.78. The summed E-state index contributed by atoms with van der Waals surface area (Å²) < 4.78 is 0. The molecular formula is C15H23N3O2. The summed E-state index contributed by atoms with van der Waals surface area (Å²) in [6.07, 6.45) is 0. The van der Waals surface area contributed by atoms with Gasteiger partial charge in [-0.3, -0.25) is 9.59 Å². The van der Waals surface area contributed by atoms with Crippen LogP contribution in [0.2, 0.25) is 0 Å². The van der Waals surface area contributed by atoms with Crippen LogP contribution in [-0.2, 0) is 9.59 Å². The van der Waals surface area contributed by atoms with Crippen molar-refractivity contribution < 1.29 is 9.59 Å². The molecule has 0 radical (unpaired) electrons. The van der Waals surface area contributed by atoms with Crippen molar-refractivity contribution in [2.45, 2.75) is 26.8 Å². The van der Waals surface area contributed by atoms with Gasteiger partial charge in [-0.25, -0.2) is 0 Å². The van der Waals surface area contributed by atoms with E-state index in [0.29, 0.717) is 0 Å². The number of amides is 2. The fourth-order valence-electron chi connectivity index (χ4n) is 1.78. The van der Waals surface area contributed by atoms with E-state index in [9.17, 15) is 9.59 Å². The van der Waals surface area contributed by atoms with E-state index in [4.69, 9.17) is 5.73 Å². The summed E-state index contributed by atoms with van der Waals surface area (Å²) in [5, 5.41) is 2.58. The summed E-state index contributed by atoms with van der Waals surface area (Å²) in [4.78, 5) is 25.3. The van der Waals surface area contributed by atoms with Crippen molar-refractivity contribution in [3.63, 3.8) is 0 Å². The highest BCUT2D eigenvalue weighted by Gasteiger charge is 2.19. The molecule has 1 atom stereocenters. The molecule has 2 amide bonds. The molecule has 3 N–H and O–H groups in total. The zero-order valence-corrected chi connectivity index (χ0v) is 12.5. The van der Waals surface area contributed by atoms with Gasteiger partial charge in [0, 0.05) is 12.7 Å². The van der Waals surface area contributed by atoms with E-state index in [2.05, 4.69) is 5.32 Å². The Hall–Kier alpha value is -1.88. The standard InChI is InChI=1S/C15H23N3O2/c1-10(2)14(16)15(20)17-9-13(19)18(4)12-8-6-5-7-11(12)3/h5-8,10,14H,9,16H2,1-4H3,(H,17,20)/t14-/m0/s1. The van der Waals surface area contributed by atoms with Crippen LogP contribution in [0.25, 0.3) is 0 Å². The number of hydrogen-bond donors (Lipinski definition) is 2. The molecule has 0 saturated carbocycles. The highest BCUT2D eigenvalue weighted by Crippen LogP contribution is 2.17. The van der Waals surface area contributed by atoms with E-state index in [1.54, 1.807) is 7.05 Å². The molecule has 0 aliphatic carbocycles. The van der Waals surface area contributed by atoms with E-state index in [-0.39, 0.29) is 24.3 Å². The molecule has 5 nitrogen and oxygen atoms in total. The Labute approximate surface area is 120 Å². The molecule has 0 aromatic heterocycles. The molecule has 0 aliphatic heterocycles. The fraction of sp³-hybridized carbons (Fsp3) is 0.467. The maximum Gasteiger partial charge on any atom is 0.246 e. The Morgan fingerprint density at radius 3 is 2.45 bits per heavy atom. The van der Waals surface area contributed by atoms with Gasteiger partial charge in [-0.2, -0.15) is 0 Å². The van der Waals surface area contributed by atoms with Crippen LogP contribution >= 0.6 is 0 Å². The lowest BCUT2D eigenvalue weighted by atomic mass is 10.1. The molecule has 110 valence electrons. The predicted molar refractivity (Wildman–Crippen MR) is 80.4 cm³/mol. The number of carbonyl (C=O) groups is 2. The van der Waals surface area contributed by atoms with Gasteiger partial charge in [0.1, 0.15) is 0 Å². The smallest absolute Gasteiger partial charge is 0.246 e. The molecule has 0 aliphatic rings. The Kier molecular flexibility index (Phi) is 5.70. The number of nitrogens with one attached hydrogen (secondary N) is 1. The molecule has 0 fully saturated rings. The molecule has 0 bridgehead atoms. The van der Waals surface area contributed by atoms with Crippen molar-refractivity contribution in [1.29, 1.82) is 0 Å². The van der Waals surface area contributed by atoms with Crippen LogP contribution in [0, 0.1) is 12.8 Å². The van der Waals surface area contributed by atoms with Crippen LogP contribution in [0.5, 0.6) is 0 Å². The van der Waals surface area contributed by atoms with Crippen molar-refractivity contribution in [1.82, 2.24) is 5.32 Å². The summed E-state index contributed by atoms with van der Waals surface area (Å²) in [5.41, 5.74) is 7.56. The van der Waals surface area contributed by atoms with Crippen LogP contribution in [0.1, 0.15) is 19.4 Å². The van der Waals surface area contributed by atoms with Gasteiger partial charge >= 0.3 is 0 Å². The predicted octanol–water partition coefficient (Wildman–Crippen LogP) is 1.06. The molecule has 20 heavy (non-hydrogen) atoms. The van der Waals surface area contributed by atoms with Gasteiger partial charge < -0.3 is 16.0 Å². The first-order chi connectivity index (χ1) is 9.34.